The monoisotopic (exact) mass is 386 g/mol. The molecule has 0 atom stereocenters. The van der Waals surface area contributed by atoms with Crippen molar-refractivity contribution in [1.82, 2.24) is 9.97 Å². The Morgan fingerprint density at radius 3 is 2.48 bits per heavy atom. The number of fused-ring (bicyclic) bond motifs is 1. The summed E-state index contributed by atoms with van der Waals surface area (Å²) in [5.74, 6) is -0.915. The number of hydrogen-bond donors (Lipinski definition) is 0. The molecule has 0 aliphatic rings. The minimum atomic E-state index is -0.483. The molecule has 0 bridgehead atoms. The number of pyridine rings is 2. The largest absolute Gasteiger partial charge is 0.465 e. The molecule has 0 radical (unpaired) electrons. The second kappa shape index (κ2) is 8.60. The first-order chi connectivity index (χ1) is 12.5. The fraction of sp³-hybridized carbons (Fsp3) is 0.200. The molecule has 2 aromatic heterocycles. The van der Waals surface area contributed by atoms with Gasteiger partial charge in [0.2, 0.25) is 0 Å². The summed E-state index contributed by atoms with van der Waals surface area (Å²) in [7, 11) is 2.64. The number of benzene rings is 1. The highest BCUT2D eigenvalue weighted by molar-refractivity contribution is 6.31. The number of ether oxygens (including phenoxy) is 2. The lowest BCUT2D eigenvalue weighted by Gasteiger charge is -2.09. The van der Waals surface area contributed by atoms with E-state index in [1.54, 1.807) is 30.5 Å². The van der Waals surface area contributed by atoms with E-state index in [9.17, 15) is 9.59 Å². The maximum Gasteiger partial charge on any atom is 0.340 e. The molecule has 0 N–H and O–H groups in total. The van der Waals surface area contributed by atoms with Crippen molar-refractivity contribution in [3.05, 3.63) is 70.1 Å². The highest BCUT2D eigenvalue weighted by Gasteiger charge is 2.15. The van der Waals surface area contributed by atoms with Crippen LogP contribution in [0.5, 0.6) is 0 Å². The molecule has 3 rings (SSSR count). The van der Waals surface area contributed by atoms with E-state index in [1.807, 2.05) is 6.07 Å². The van der Waals surface area contributed by atoms with Crippen molar-refractivity contribution < 1.29 is 19.1 Å². The molecule has 1 aromatic carbocycles. The Bertz CT molecular complexity index is 1000. The Hall–Kier alpha value is -2.99. The molecule has 27 heavy (non-hydrogen) atoms. The van der Waals surface area contributed by atoms with Crippen LogP contribution < -0.4 is 0 Å². The number of aromatic nitrogens is 2. The summed E-state index contributed by atoms with van der Waals surface area (Å²) >= 11 is 6.03. The van der Waals surface area contributed by atoms with Crippen molar-refractivity contribution in [2.75, 3.05) is 14.2 Å². The van der Waals surface area contributed by atoms with Crippen molar-refractivity contribution in [1.29, 1.82) is 0 Å². The van der Waals surface area contributed by atoms with E-state index in [2.05, 4.69) is 9.97 Å². The molecular weight excluding hydrogens is 368 g/mol. The summed E-state index contributed by atoms with van der Waals surface area (Å²) < 4.78 is 9.58. The van der Waals surface area contributed by atoms with E-state index < -0.39 is 11.9 Å². The topological polar surface area (TPSA) is 78.4 Å². The van der Waals surface area contributed by atoms with Crippen LogP contribution in [0.25, 0.3) is 10.9 Å². The zero-order valence-corrected chi connectivity index (χ0v) is 14.9. The van der Waals surface area contributed by atoms with E-state index in [0.717, 1.165) is 10.9 Å². The summed E-state index contributed by atoms with van der Waals surface area (Å²) in [6, 6.07) is 8.57. The van der Waals surface area contributed by atoms with Crippen LogP contribution in [0.15, 0.2) is 42.7 Å². The highest BCUT2D eigenvalue weighted by atomic mass is 35.5. The summed E-state index contributed by atoms with van der Waals surface area (Å²) in [5.41, 5.74) is 2.76. The Morgan fingerprint density at radius 2 is 1.78 bits per heavy atom. The molecule has 0 aliphatic heterocycles. The van der Waals surface area contributed by atoms with Crippen LogP contribution in [0, 0.1) is 0 Å². The first-order valence-corrected chi connectivity index (χ1v) is 8.09. The molecule has 6 nitrogen and oxygen atoms in total. The fourth-order valence-corrected chi connectivity index (χ4v) is 2.85. The summed E-state index contributed by atoms with van der Waals surface area (Å²) in [4.78, 5) is 32.3. The zero-order chi connectivity index (χ0) is 18.7. The van der Waals surface area contributed by atoms with Gasteiger partial charge in [-0.2, -0.15) is 0 Å². The molecule has 0 amide bonds. The number of esters is 2. The first kappa shape index (κ1) is 20.3. The van der Waals surface area contributed by atoms with Crippen LogP contribution in [0.4, 0.5) is 0 Å². The average molecular weight is 387 g/mol. The lowest BCUT2D eigenvalue weighted by Crippen LogP contribution is -2.06. The Balaban J connectivity index is 0.00000261. The maximum atomic E-state index is 12.1. The van der Waals surface area contributed by atoms with E-state index in [-0.39, 0.29) is 7.43 Å². The molecule has 0 saturated carbocycles. The Labute approximate surface area is 162 Å². The van der Waals surface area contributed by atoms with Crippen LogP contribution >= 0.6 is 11.6 Å². The van der Waals surface area contributed by atoms with Gasteiger partial charge in [-0.3, -0.25) is 9.97 Å². The SMILES string of the molecule is C.COC(=O)c1ccnc(Cc2cc(C(=O)OC)c3ncc(Cl)cc3c2)c1. The predicted molar refractivity (Wildman–Crippen MR) is 103 cm³/mol. The molecule has 3 aromatic rings. The molecule has 0 unspecified atom stereocenters. The van der Waals surface area contributed by atoms with Crippen LogP contribution in [0.3, 0.4) is 0 Å². The smallest absolute Gasteiger partial charge is 0.340 e. The number of carbonyl (C=O) groups excluding carboxylic acids is 2. The van der Waals surface area contributed by atoms with Gasteiger partial charge in [0.25, 0.3) is 0 Å². The second-order valence-electron chi connectivity index (χ2n) is 5.56. The highest BCUT2D eigenvalue weighted by Crippen LogP contribution is 2.24. The van der Waals surface area contributed by atoms with Gasteiger partial charge >= 0.3 is 11.9 Å². The standard InChI is InChI=1S/C19H15ClN2O4.CH4/c1-25-18(23)12-3-4-21-15(9-12)6-11-5-13-8-14(20)10-22-17(13)16(7-11)19(24)26-2;/h3-5,7-10H,6H2,1-2H3;1H4. The van der Waals surface area contributed by atoms with E-state index >= 15 is 0 Å². The zero-order valence-electron chi connectivity index (χ0n) is 14.2. The molecular formula is C20H19ClN2O4. The van der Waals surface area contributed by atoms with Gasteiger partial charge in [0.1, 0.15) is 0 Å². The van der Waals surface area contributed by atoms with Gasteiger partial charge in [0.15, 0.2) is 0 Å². The summed E-state index contributed by atoms with van der Waals surface area (Å²) in [6.45, 7) is 0. The average Bonchev–Trinajstić information content (AvgIpc) is 2.66. The molecule has 140 valence electrons. The lowest BCUT2D eigenvalue weighted by atomic mass is 10.0. The van der Waals surface area contributed by atoms with Gasteiger partial charge in [0, 0.05) is 29.9 Å². The summed E-state index contributed by atoms with van der Waals surface area (Å²) in [5, 5.41) is 1.19. The van der Waals surface area contributed by atoms with Crippen molar-refractivity contribution in [3.63, 3.8) is 0 Å². The second-order valence-corrected chi connectivity index (χ2v) is 6.00. The fourth-order valence-electron chi connectivity index (χ4n) is 2.68. The summed E-state index contributed by atoms with van der Waals surface area (Å²) in [6.07, 6.45) is 3.44. The predicted octanol–water partition coefficient (Wildman–Crippen LogP) is 4.08. The number of carbonyl (C=O) groups is 2. The third-order valence-corrected chi connectivity index (χ3v) is 4.04. The number of methoxy groups -OCH3 is 2. The normalized spacial score (nSPS) is 10.2. The molecule has 7 heteroatoms. The third kappa shape index (κ3) is 4.41. The number of nitrogens with zero attached hydrogens (tertiary/aromatic N) is 2. The van der Waals surface area contributed by atoms with Crippen LogP contribution in [-0.2, 0) is 15.9 Å². The minimum Gasteiger partial charge on any atom is -0.465 e. The van der Waals surface area contributed by atoms with Crippen molar-refractivity contribution in [3.8, 4) is 0 Å². The third-order valence-electron chi connectivity index (χ3n) is 3.84. The molecule has 2 heterocycles. The van der Waals surface area contributed by atoms with Gasteiger partial charge in [-0.25, -0.2) is 9.59 Å². The van der Waals surface area contributed by atoms with Crippen molar-refractivity contribution in [2.45, 2.75) is 13.8 Å². The maximum absolute atomic E-state index is 12.1. The lowest BCUT2D eigenvalue weighted by molar-refractivity contribution is 0.0592. The van der Waals surface area contributed by atoms with Crippen molar-refractivity contribution in [2.24, 2.45) is 0 Å². The first-order valence-electron chi connectivity index (χ1n) is 7.71. The molecule has 0 aliphatic carbocycles. The quantitative estimate of drug-likeness (QED) is 0.628. The molecule has 0 fully saturated rings. The van der Waals surface area contributed by atoms with Crippen molar-refractivity contribution >= 4 is 34.4 Å². The van der Waals surface area contributed by atoms with Gasteiger partial charge in [-0.1, -0.05) is 19.0 Å². The Morgan fingerprint density at radius 1 is 1.04 bits per heavy atom. The number of hydrogen-bond acceptors (Lipinski definition) is 6. The van der Waals surface area contributed by atoms with E-state index in [0.29, 0.717) is 33.8 Å². The molecule has 0 saturated heterocycles. The molecule has 0 spiro atoms. The van der Waals surface area contributed by atoms with Crippen LogP contribution in [0.2, 0.25) is 5.02 Å². The van der Waals surface area contributed by atoms with Gasteiger partial charge in [-0.05, 0) is 35.9 Å². The van der Waals surface area contributed by atoms with Crippen LogP contribution in [-0.4, -0.2) is 36.1 Å². The van der Waals surface area contributed by atoms with Gasteiger partial charge in [-0.15, -0.1) is 0 Å². The Kier molecular flexibility index (Phi) is 6.47. The van der Waals surface area contributed by atoms with Crippen LogP contribution in [0.1, 0.15) is 39.4 Å². The number of rotatable bonds is 4. The van der Waals surface area contributed by atoms with E-state index in [4.69, 9.17) is 21.1 Å². The van der Waals surface area contributed by atoms with Gasteiger partial charge in [0.05, 0.1) is 35.9 Å². The van der Waals surface area contributed by atoms with E-state index in [1.165, 1.54) is 20.4 Å². The minimum absolute atomic E-state index is 0. The number of halogens is 1. The van der Waals surface area contributed by atoms with Gasteiger partial charge < -0.3 is 9.47 Å².